The van der Waals surface area contributed by atoms with Crippen LogP contribution >= 0.6 is 0 Å². The highest BCUT2D eigenvalue weighted by molar-refractivity contribution is 6.06. The third kappa shape index (κ3) is 0.804. The molecule has 0 heterocycles. The van der Waals surface area contributed by atoms with Crippen molar-refractivity contribution in [3.63, 3.8) is 0 Å². The van der Waals surface area contributed by atoms with E-state index >= 15 is 0 Å². The van der Waals surface area contributed by atoms with Gasteiger partial charge in [-0.2, -0.15) is 0 Å². The minimum Gasteiger partial charge on any atom is -0.497 e. The van der Waals surface area contributed by atoms with Crippen LogP contribution in [0, 0.1) is 5.92 Å². The van der Waals surface area contributed by atoms with E-state index in [1.54, 1.807) is 7.11 Å². The minimum absolute atomic E-state index is 0.308. The Hall–Kier alpha value is -1.31. The first-order valence-corrected chi connectivity index (χ1v) is 4.53. The van der Waals surface area contributed by atoms with Gasteiger partial charge in [-0.15, -0.1) is 0 Å². The van der Waals surface area contributed by atoms with E-state index < -0.39 is 0 Å². The van der Waals surface area contributed by atoms with Crippen LogP contribution in [-0.4, -0.2) is 12.9 Å². The average molecular weight is 174 g/mol. The zero-order valence-corrected chi connectivity index (χ0v) is 7.41. The molecule has 2 unspecified atom stereocenters. The zero-order valence-electron chi connectivity index (χ0n) is 7.41. The quantitative estimate of drug-likeness (QED) is 0.650. The second-order valence-corrected chi connectivity index (χ2v) is 3.77. The summed E-state index contributed by atoms with van der Waals surface area (Å²) < 4.78 is 5.13. The van der Waals surface area contributed by atoms with Gasteiger partial charge in [0.15, 0.2) is 5.78 Å². The van der Waals surface area contributed by atoms with Crippen molar-refractivity contribution in [1.29, 1.82) is 0 Å². The molecule has 0 aliphatic heterocycles. The Kier molecular flexibility index (Phi) is 1.17. The molecule has 0 saturated heterocycles. The van der Waals surface area contributed by atoms with Crippen LogP contribution in [0.25, 0.3) is 0 Å². The van der Waals surface area contributed by atoms with E-state index in [0.717, 1.165) is 17.7 Å². The number of carbonyl (C=O) groups excluding carboxylic acids is 1. The smallest absolute Gasteiger partial charge is 0.166 e. The average Bonchev–Trinajstić information content (AvgIpc) is 2.91. The zero-order chi connectivity index (χ0) is 9.00. The fourth-order valence-electron chi connectivity index (χ4n) is 2.23. The predicted octanol–water partition coefficient (Wildman–Crippen LogP) is 1.99. The molecule has 0 bridgehead atoms. The standard InChI is InChI=1S/C11H10O2/c1-13-6-2-3-7-8(4-6)9-5-10(9)11(7)12/h2-4,9-10H,5H2,1H3. The third-order valence-electron chi connectivity index (χ3n) is 3.05. The summed E-state index contributed by atoms with van der Waals surface area (Å²) in [4.78, 5) is 11.6. The summed E-state index contributed by atoms with van der Waals surface area (Å²) in [6.45, 7) is 0. The van der Waals surface area contributed by atoms with Crippen molar-refractivity contribution in [3.05, 3.63) is 29.3 Å². The Labute approximate surface area is 76.5 Å². The second kappa shape index (κ2) is 2.13. The van der Waals surface area contributed by atoms with Gasteiger partial charge in [-0.1, -0.05) is 0 Å². The Morgan fingerprint density at radius 2 is 2.23 bits per heavy atom. The van der Waals surface area contributed by atoms with Crippen LogP contribution in [0.5, 0.6) is 5.75 Å². The minimum atomic E-state index is 0.308. The Bertz CT molecular complexity index is 395. The van der Waals surface area contributed by atoms with Crippen molar-refractivity contribution in [2.24, 2.45) is 5.92 Å². The van der Waals surface area contributed by atoms with Gasteiger partial charge in [-0.05, 0) is 36.1 Å². The van der Waals surface area contributed by atoms with Crippen molar-refractivity contribution < 1.29 is 9.53 Å². The number of methoxy groups -OCH3 is 1. The summed E-state index contributed by atoms with van der Waals surface area (Å²) in [6.07, 6.45) is 1.05. The van der Waals surface area contributed by atoms with Gasteiger partial charge in [0, 0.05) is 11.5 Å². The molecule has 0 amide bonds. The molecule has 1 aromatic carbocycles. The predicted molar refractivity (Wildman–Crippen MR) is 48.2 cm³/mol. The molecule has 2 atom stereocenters. The fourth-order valence-corrected chi connectivity index (χ4v) is 2.23. The molecular weight excluding hydrogens is 164 g/mol. The SMILES string of the molecule is COc1ccc2c(c1)C1CC1C2=O. The largest absolute Gasteiger partial charge is 0.497 e. The van der Waals surface area contributed by atoms with Crippen molar-refractivity contribution in [2.75, 3.05) is 7.11 Å². The Balaban J connectivity index is 2.16. The number of ether oxygens (including phenoxy) is 1. The number of Topliss-reactive ketones (excluding diaryl/α,β-unsaturated/α-hetero) is 1. The third-order valence-corrected chi connectivity index (χ3v) is 3.05. The number of fused-ring (bicyclic) bond motifs is 3. The monoisotopic (exact) mass is 174 g/mol. The molecule has 0 aromatic heterocycles. The molecule has 2 nitrogen and oxygen atoms in total. The van der Waals surface area contributed by atoms with Crippen LogP contribution < -0.4 is 4.74 Å². The van der Waals surface area contributed by atoms with E-state index in [4.69, 9.17) is 4.74 Å². The van der Waals surface area contributed by atoms with Gasteiger partial charge in [-0.3, -0.25) is 4.79 Å². The summed E-state index contributed by atoms with van der Waals surface area (Å²) in [7, 11) is 1.66. The number of rotatable bonds is 1. The van der Waals surface area contributed by atoms with Crippen LogP contribution in [0.15, 0.2) is 18.2 Å². The molecular formula is C11H10O2. The summed E-state index contributed by atoms with van der Waals surface area (Å²) in [6, 6.07) is 5.76. The molecule has 2 aliphatic carbocycles. The molecule has 66 valence electrons. The molecule has 3 rings (SSSR count). The topological polar surface area (TPSA) is 26.3 Å². The molecule has 1 aromatic rings. The molecule has 2 aliphatic rings. The van der Waals surface area contributed by atoms with Gasteiger partial charge >= 0.3 is 0 Å². The van der Waals surface area contributed by atoms with Crippen LogP contribution in [0.3, 0.4) is 0 Å². The van der Waals surface area contributed by atoms with Gasteiger partial charge in [0.25, 0.3) is 0 Å². The Morgan fingerprint density at radius 3 is 3.00 bits per heavy atom. The fraction of sp³-hybridized carbons (Fsp3) is 0.364. The molecule has 1 fully saturated rings. The van der Waals surface area contributed by atoms with Crippen molar-refractivity contribution in [1.82, 2.24) is 0 Å². The molecule has 2 heteroatoms. The number of ketones is 1. The number of hydrogen-bond donors (Lipinski definition) is 0. The lowest BCUT2D eigenvalue weighted by molar-refractivity contribution is 0.0974. The molecule has 0 spiro atoms. The summed E-state index contributed by atoms with van der Waals surface area (Å²) in [5.74, 6) is 2.02. The van der Waals surface area contributed by atoms with Crippen LogP contribution in [-0.2, 0) is 0 Å². The maximum atomic E-state index is 11.6. The van der Waals surface area contributed by atoms with Gasteiger partial charge in [0.2, 0.25) is 0 Å². The first-order chi connectivity index (χ1) is 6.31. The second-order valence-electron chi connectivity index (χ2n) is 3.77. The van der Waals surface area contributed by atoms with Gasteiger partial charge < -0.3 is 4.74 Å². The van der Waals surface area contributed by atoms with Gasteiger partial charge in [0.05, 0.1) is 7.11 Å². The lowest BCUT2D eigenvalue weighted by atomic mass is 10.1. The maximum absolute atomic E-state index is 11.6. The van der Waals surface area contributed by atoms with Crippen molar-refractivity contribution >= 4 is 5.78 Å². The molecule has 13 heavy (non-hydrogen) atoms. The van der Waals surface area contributed by atoms with E-state index in [0.29, 0.717) is 17.6 Å². The van der Waals surface area contributed by atoms with E-state index in [1.807, 2.05) is 18.2 Å². The van der Waals surface area contributed by atoms with E-state index in [9.17, 15) is 4.79 Å². The van der Waals surface area contributed by atoms with Crippen LogP contribution in [0.1, 0.15) is 28.3 Å². The molecule has 0 radical (unpaired) electrons. The Morgan fingerprint density at radius 1 is 1.38 bits per heavy atom. The summed E-state index contributed by atoms with van der Waals surface area (Å²) >= 11 is 0. The molecule has 1 saturated carbocycles. The first-order valence-electron chi connectivity index (χ1n) is 4.53. The van der Waals surface area contributed by atoms with Gasteiger partial charge in [-0.25, -0.2) is 0 Å². The van der Waals surface area contributed by atoms with Crippen molar-refractivity contribution in [3.8, 4) is 5.75 Å². The first kappa shape index (κ1) is 7.13. The normalized spacial score (nSPS) is 28.2. The lowest BCUT2D eigenvalue weighted by Crippen LogP contribution is -1.97. The van der Waals surface area contributed by atoms with Gasteiger partial charge in [0.1, 0.15) is 5.75 Å². The highest BCUT2D eigenvalue weighted by Crippen LogP contribution is 2.56. The highest BCUT2D eigenvalue weighted by Gasteiger charge is 2.51. The van der Waals surface area contributed by atoms with E-state index in [1.165, 1.54) is 5.56 Å². The van der Waals surface area contributed by atoms with Crippen LogP contribution in [0.2, 0.25) is 0 Å². The summed E-state index contributed by atoms with van der Waals surface area (Å²) in [5.41, 5.74) is 2.12. The molecule has 0 N–H and O–H groups in total. The van der Waals surface area contributed by atoms with Crippen LogP contribution in [0.4, 0.5) is 0 Å². The number of benzene rings is 1. The number of carbonyl (C=O) groups is 1. The highest BCUT2D eigenvalue weighted by atomic mass is 16.5. The maximum Gasteiger partial charge on any atom is 0.166 e. The van der Waals surface area contributed by atoms with Crippen molar-refractivity contribution in [2.45, 2.75) is 12.3 Å². The number of hydrogen-bond acceptors (Lipinski definition) is 2. The summed E-state index contributed by atoms with van der Waals surface area (Å²) in [5, 5.41) is 0. The van der Waals surface area contributed by atoms with E-state index in [-0.39, 0.29) is 0 Å². The van der Waals surface area contributed by atoms with E-state index in [2.05, 4.69) is 0 Å². The lowest BCUT2D eigenvalue weighted by Gasteiger charge is -2.04.